The molecule has 0 aliphatic carbocycles. The summed E-state index contributed by atoms with van der Waals surface area (Å²) in [4.78, 5) is 23.3. The molecule has 0 atom stereocenters. The van der Waals surface area contributed by atoms with Gasteiger partial charge in [0.1, 0.15) is 12.3 Å². The van der Waals surface area contributed by atoms with Crippen LogP contribution in [0.1, 0.15) is 0 Å². The van der Waals surface area contributed by atoms with Crippen LogP contribution in [0.3, 0.4) is 0 Å². The Hall–Kier alpha value is -2.83. The molecule has 0 aliphatic rings. The Bertz CT molecular complexity index is 681. The van der Waals surface area contributed by atoms with E-state index in [-0.39, 0.29) is 18.0 Å². The fourth-order valence-electron chi connectivity index (χ4n) is 1.64. The van der Waals surface area contributed by atoms with E-state index in [1.54, 1.807) is 18.2 Å². The summed E-state index contributed by atoms with van der Waals surface area (Å²) < 4.78 is 6.19. The first-order valence-corrected chi connectivity index (χ1v) is 5.85. The zero-order chi connectivity index (χ0) is 14.5. The first-order chi connectivity index (χ1) is 9.60. The van der Waals surface area contributed by atoms with Crippen molar-refractivity contribution < 1.29 is 9.53 Å². The minimum absolute atomic E-state index is 0.173. The molecule has 2 rings (SSSR count). The number of ether oxygens (including phenoxy) is 1. The topological polar surface area (TPSA) is 99.2 Å². The molecule has 20 heavy (non-hydrogen) atoms. The van der Waals surface area contributed by atoms with Crippen LogP contribution < -0.4 is 21.3 Å². The fraction of sp³-hybridized carbons (Fsp3) is 0.154. The third-order valence-corrected chi connectivity index (χ3v) is 2.58. The molecule has 2 aromatic rings. The Morgan fingerprint density at radius 2 is 2.25 bits per heavy atom. The van der Waals surface area contributed by atoms with E-state index < -0.39 is 0 Å². The van der Waals surface area contributed by atoms with E-state index in [1.807, 2.05) is 0 Å². The highest BCUT2D eigenvalue weighted by atomic mass is 16.5. The van der Waals surface area contributed by atoms with Crippen molar-refractivity contribution in [1.29, 1.82) is 0 Å². The molecule has 0 bridgehead atoms. The molecule has 7 nitrogen and oxygen atoms in total. The Morgan fingerprint density at radius 1 is 1.45 bits per heavy atom. The summed E-state index contributed by atoms with van der Waals surface area (Å²) in [6.07, 6.45) is 1.44. The molecule has 3 N–H and O–H groups in total. The summed E-state index contributed by atoms with van der Waals surface area (Å²) in [7, 11) is 1.48. The van der Waals surface area contributed by atoms with E-state index in [9.17, 15) is 9.59 Å². The van der Waals surface area contributed by atoms with E-state index in [2.05, 4.69) is 10.4 Å². The Morgan fingerprint density at radius 3 is 2.95 bits per heavy atom. The number of benzene rings is 1. The lowest BCUT2D eigenvalue weighted by Crippen LogP contribution is -2.28. The average Bonchev–Trinajstić information content (AvgIpc) is 2.43. The molecule has 0 saturated heterocycles. The van der Waals surface area contributed by atoms with Gasteiger partial charge in [-0.25, -0.2) is 4.68 Å². The van der Waals surface area contributed by atoms with Crippen LogP contribution in [-0.2, 0) is 11.3 Å². The molecule has 1 amide bonds. The van der Waals surface area contributed by atoms with Crippen LogP contribution in [0.4, 0.5) is 11.4 Å². The summed E-state index contributed by atoms with van der Waals surface area (Å²) in [5, 5.41) is 6.45. The molecular weight excluding hydrogens is 260 g/mol. The van der Waals surface area contributed by atoms with E-state index in [1.165, 1.54) is 25.4 Å². The van der Waals surface area contributed by atoms with Gasteiger partial charge in [0.15, 0.2) is 0 Å². The number of rotatable bonds is 4. The van der Waals surface area contributed by atoms with Crippen LogP contribution in [0.25, 0.3) is 0 Å². The number of nitrogens with one attached hydrogen (secondary N) is 1. The van der Waals surface area contributed by atoms with Crippen LogP contribution in [0.15, 0.2) is 41.3 Å². The maximum Gasteiger partial charge on any atom is 0.267 e. The molecule has 0 saturated carbocycles. The van der Waals surface area contributed by atoms with Gasteiger partial charge < -0.3 is 15.8 Å². The Kier molecular flexibility index (Phi) is 3.99. The van der Waals surface area contributed by atoms with Crippen LogP contribution in [-0.4, -0.2) is 22.8 Å². The minimum atomic E-state index is -0.381. The summed E-state index contributed by atoms with van der Waals surface area (Å²) in [5.74, 6) is 0.0700. The number of carbonyl (C=O) groups excluding carboxylic acids is 1. The summed E-state index contributed by atoms with van der Waals surface area (Å²) in [6, 6.07) is 7.73. The van der Waals surface area contributed by atoms with Gasteiger partial charge in [0.2, 0.25) is 5.91 Å². The SMILES string of the molecule is COc1cc(N)ccc1NC(=O)Cn1ncccc1=O. The van der Waals surface area contributed by atoms with Gasteiger partial charge in [-0.3, -0.25) is 9.59 Å². The lowest BCUT2D eigenvalue weighted by atomic mass is 10.2. The number of amides is 1. The number of aromatic nitrogens is 2. The van der Waals surface area contributed by atoms with Gasteiger partial charge in [0.25, 0.3) is 5.56 Å². The second-order valence-corrected chi connectivity index (χ2v) is 4.03. The van der Waals surface area contributed by atoms with Gasteiger partial charge >= 0.3 is 0 Å². The molecule has 0 fully saturated rings. The minimum Gasteiger partial charge on any atom is -0.494 e. The van der Waals surface area contributed by atoms with E-state index in [4.69, 9.17) is 10.5 Å². The van der Waals surface area contributed by atoms with Crippen molar-refractivity contribution in [3.8, 4) is 5.75 Å². The van der Waals surface area contributed by atoms with E-state index in [0.29, 0.717) is 17.1 Å². The van der Waals surface area contributed by atoms with Gasteiger partial charge in [0, 0.05) is 24.0 Å². The van der Waals surface area contributed by atoms with Crippen molar-refractivity contribution in [3.05, 3.63) is 46.9 Å². The quantitative estimate of drug-likeness (QED) is 0.790. The van der Waals surface area contributed by atoms with Gasteiger partial charge in [-0.15, -0.1) is 0 Å². The number of nitrogen functional groups attached to an aromatic ring is 1. The molecule has 0 radical (unpaired) electrons. The second kappa shape index (κ2) is 5.87. The highest BCUT2D eigenvalue weighted by molar-refractivity contribution is 5.92. The van der Waals surface area contributed by atoms with Crippen LogP contribution in [0, 0.1) is 0 Å². The first kappa shape index (κ1) is 13.6. The summed E-state index contributed by atoms with van der Waals surface area (Å²) >= 11 is 0. The number of hydrogen-bond acceptors (Lipinski definition) is 5. The number of anilines is 2. The summed E-state index contributed by atoms with van der Waals surface area (Å²) in [6.45, 7) is -0.173. The molecular formula is C13H14N4O3. The molecule has 0 unspecified atom stereocenters. The molecule has 104 valence electrons. The third-order valence-electron chi connectivity index (χ3n) is 2.58. The number of nitrogens with two attached hydrogens (primary N) is 1. The van der Waals surface area contributed by atoms with Crippen molar-refractivity contribution in [1.82, 2.24) is 9.78 Å². The van der Waals surface area contributed by atoms with Crippen molar-refractivity contribution in [2.75, 3.05) is 18.2 Å². The normalized spacial score (nSPS) is 10.1. The maximum absolute atomic E-state index is 11.9. The highest BCUT2D eigenvalue weighted by Crippen LogP contribution is 2.26. The molecule has 1 aromatic carbocycles. The van der Waals surface area contributed by atoms with Crippen molar-refractivity contribution in [2.24, 2.45) is 0 Å². The number of nitrogens with zero attached hydrogens (tertiary/aromatic N) is 2. The van der Waals surface area contributed by atoms with Gasteiger partial charge in [-0.1, -0.05) is 0 Å². The van der Waals surface area contributed by atoms with E-state index in [0.717, 1.165) is 4.68 Å². The largest absolute Gasteiger partial charge is 0.494 e. The third kappa shape index (κ3) is 3.14. The van der Waals surface area contributed by atoms with Crippen LogP contribution in [0.2, 0.25) is 0 Å². The zero-order valence-electron chi connectivity index (χ0n) is 10.9. The molecule has 0 spiro atoms. The molecule has 1 aromatic heterocycles. The fourth-order valence-corrected chi connectivity index (χ4v) is 1.64. The molecule has 0 aliphatic heterocycles. The van der Waals surface area contributed by atoms with Gasteiger partial charge in [0.05, 0.1) is 12.8 Å². The maximum atomic E-state index is 11.9. The lowest BCUT2D eigenvalue weighted by Gasteiger charge is -2.11. The number of hydrogen-bond donors (Lipinski definition) is 2. The predicted octanol–water partition coefficient (Wildman–Crippen LogP) is 0.473. The highest BCUT2D eigenvalue weighted by Gasteiger charge is 2.09. The Balaban J connectivity index is 2.13. The second-order valence-electron chi connectivity index (χ2n) is 4.03. The number of carbonyl (C=O) groups is 1. The Labute approximate surface area is 115 Å². The average molecular weight is 274 g/mol. The van der Waals surface area contributed by atoms with Crippen LogP contribution in [0.5, 0.6) is 5.75 Å². The van der Waals surface area contributed by atoms with Crippen molar-refractivity contribution in [3.63, 3.8) is 0 Å². The first-order valence-electron chi connectivity index (χ1n) is 5.85. The molecule has 1 heterocycles. The van der Waals surface area contributed by atoms with Crippen molar-refractivity contribution in [2.45, 2.75) is 6.54 Å². The number of methoxy groups -OCH3 is 1. The smallest absolute Gasteiger partial charge is 0.267 e. The van der Waals surface area contributed by atoms with Crippen molar-refractivity contribution >= 4 is 17.3 Å². The van der Waals surface area contributed by atoms with Gasteiger partial charge in [-0.05, 0) is 18.2 Å². The standard InChI is InChI=1S/C13H14N4O3/c1-20-11-7-9(14)4-5-10(11)16-12(18)8-17-13(19)3-2-6-15-17/h2-7H,8,14H2,1H3,(H,16,18). The van der Waals surface area contributed by atoms with Gasteiger partial charge in [-0.2, -0.15) is 5.10 Å². The summed E-state index contributed by atoms with van der Waals surface area (Å²) in [5.41, 5.74) is 6.30. The van der Waals surface area contributed by atoms with E-state index >= 15 is 0 Å². The predicted molar refractivity (Wildman–Crippen MR) is 74.5 cm³/mol. The monoisotopic (exact) mass is 274 g/mol. The lowest BCUT2D eigenvalue weighted by molar-refractivity contribution is -0.117. The molecule has 7 heteroatoms. The zero-order valence-corrected chi connectivity index (χ0v) is 10.9. The van der Waals surface area contributed by atoms with Crippen LogP contribution >= 0.6 is 0 Å².